The van der Waals surface area contributed by atoms with Crippen LogP contribution in [0.4, 0.5) is 0 Å². The zero-order chi connectivity index (χ0) is 18.1. The fourth-order valence-corrected chi connectivity index (χ4v) is 3.81. The van der Waals surface area contributed by atoms with Gasteiger partial charge in [0.25, 0.3) is 5.91 Å². The van der Waals surface area contributed by atoms with Gasteiger partial charge in [0.2, 0.25) is 6.79 Å². The summed E-state index contributed by atoms with van der Waals surface area (Å²) in [5.74, 6) is 1.69. The first-order valence-corrected chi connectivity index (χ1v) is 8.78. The average Bonchev–Trinajstić information content (AvgIpc) is 3.24. The Morgan fingerprint density at radius 3 is 2.92 bits per heavy atom. The van der Waals surface area contributed by atoms with Crippen molar-refractivity contribution in [2.45, 2.75) is 6.54 Å². The largest absolute Gasteiger partial charge is 0.497 e. The van der Waals surface area contributed by atoms with Crippen molar-refractivity contribution in [2.75, 3.05) is 13.9 Å². The highest BCUT2D eigenvalue weighted by atomic mass is 32.1. The van der Waals surface area contributed by atoms with Gasteiger partial charge in [0.05, 0.1) is 17.3 Å². The molecule has 0 unspecified atom stereocenters. The predicted molar refractivity (Wildman–Crippen MR) is 99.0 cm³/mol. The van der Waals surface area contributed by atoms with Crippen LogP contribution in [-0.4, -0.2) is 24.4 Å². The van der Waals surface area contributed by atoms with Crippen LogP contribution in [0.1, 0.15) is 10.4 Å². The third kappa shape index (κ3) is 2.86. The van der Waals surface area contributed by atoms with Crippen LogP contribution in [0.5, 0.6) is 17.2 Å². The first-order chi connectivity index (χ1) is 12.7. The molecule has 1 amide bonds. The Morgan fingerprint density at radius 1 is 1.35 bits per heavy atom. The summed E-state index contributed by atoms with van der Waals surface area (Å²) in [6, 6.07) is 10.8. The lowest BCUT2D eigenvalue weighted by atomic mass is 10.2. The molecule has 0 aliphatic carbocycles. The molecule has 0 N–H and O–H groups in total. The SMILES string of the molecule is C=CCn1c(=NC(=O)c2cccc(OC)c2)sc2cc3c(cc21)OCO3. The van der Waals surface area contributed by atoms with E-state index in [0.29, 0.717) is 34.2 Å². The molecule has 0 radical (unpaired) electrons. The van der Waals surface area contributed by atoms with Crippen molar-refractivity contribution in [1.29, 1.82) is 0 Å². The van der Waals surface area contributed by atoms with Gasteiger partial charge in [0, 0.05) is 24.2 Å². The number of nitrogens with zero attached hydrogens (tertiary/aromatic N) is 2. The number of amides is 1. The number of methoxy groups -OCH3 is 1. The average molecular weight is 368 g/mol. The van der Waals surface area contributed by atoms with Crippen LogP contribution in [0.3, 0.4) is 0 Å². The summed E-state index contributed by atoms with van der Waals surface area (Å²) >= 11 is 1.42. The second-order valence-electron chi connectivity index (χ2n) is 5.61. The molecule has 0 spiro atoms. The normalized spacial score (nSPS) is 13.2. The molecule has 0 atom stereocenters. The van der Waals surface area contributed by atoms with Gasteiger partial charge in [0.15, 0.2) is 16.3 Å². The molecule has 0 saturated carbocycles. The van der Waals surface area contributed by atoms with E-state index in [1.165, 1.54) is 11.3 Å². The van der Waals surface area contributed by atoms with Gasteiger partial charge < -0.3 is 18.8 Å². The minimum Gasteiger partial charge on any atom is -0.497 e. The summed E-state index contributed by atoms with van der Waals surface area (Å²) in [4.78, 5) is 17.5. The Hall–Kier alpha value is -3.06. The van der Waals surface area contributed by atoms with Crippen molar-refractivity contribution < 1.29 is 19.0 Å². The van der Waals surface area contributed by atoms with Gasteiger partial charge in [-0.15, -0.1) is 6.58 Å². The van der Waals surface area contributed by atoms with E-state index in [0.717, 1.165) is 10.2 Å². The molecular formula is C19H16N2O4S. The summed E-state index contributed by atoms with van der Waals surface area (Å²) in [6.45, 7) is 4.55. The number of hydrogen-bond donors (Lipinski definition) is 0. The minimum atomic E-state index is -0.326. The molecule has 0 fully saturated rings. The molecule has 2 aromatic carbocycles. The van der Waals surface area contributed by atoms with E-state index in [-0.39, 0.29) is 12.7 Å². The molecule has 132 valence electrons. The number of fused-ring (bicyclic) bond motifs is 2. The summed E-state index contributed by atoms with van der Waals surface area (Å²) in [7, 11) is 1.56. The fraction of sp³-hybridized carbons (Fsp3) is 0.158. The van der Waals surface area contributed by atoms with Crippen molar-refractivity contribution in [2.24, 2.45) is 4.99 Å². The predicted octanol–water partition coefficient (Wildman–Crippen LogP) is 3.37. The first kappa shape index (κ1) is 16.4. The lowest BCUT2D eigenvalue weighted by Gasteiger charge is -2.03. The summed E-state index contributed by atoms with van der Waals surface area (Å²) in [5.41, 5.74) is 1.40. The number of rotatable bonds is 4. The topological polar surface area (TPSA) is 62.1 Å². The number of thiazole rings is 1. The van der Waals surface area contributed by atoms with Gasteiger partial charge in [-0.25, -0.2) is 0 Å². The molecular weight excluding hydrogens is 352 g/mol. The van der Waals surface area contributed by atoms with Gasteiger partial charge >= 0.3 is 0 Å². The van der Waals surface area contributed by atoms with Gasteiger partial charge in [-0.2, -0.15) is 4.99 Å². The zero-order valence-electron chi connectivity index (χ0n) is 14.1. The second-order valence-corrected chi connectivity index (χ2v) is 6.62. The van der Waals surface area contributed by atoms with Gasteiger partial charge in [-0.3, -0.25) is 4.79 Å². The highest BCUT2D eigenvalue weighted by molar-refractivity contribution is 7.16. The third-order valence-corrected chi connectivity index (χ3v) is 5.04. The standard InChI is InChI=1S/C19H16N2O4S/c1-3-7-21-14-9-15-16(25-11-24-15)10-17(14)26-19(21)20-18(22)12-5-4-6-13(8-12)23-2/h3-6,8-10H,1,7,11H2,2H3. The second kappa shape index (κ2) is 6.68. The summed E-state index contributed by atoms with van der Waals surface area (Å²) < 4.78 is 19.0. The smallest absolute Gasteiger partial charge is 0.279 e. The van der Waals surface area contributed by atoms with Gasteiger partial charge in [-0.1, -0.05) is 23.5 Å². The lowest BCUT2D eigenvalue weighted by Crippen LogP contribution is -2.16. The van der Waals surface area contributed by atoms with Crippen molar-refractivity contribution in [1.82, 2.24) is 4.57 Å². The van der Waals surface area contributed by atoms with Gasteiger partial charge in [-0.05, 0) is 18.2 Å². The molecule has 0 saturated heterocycles. The molecule has 4 rings (SSSR count). The Bertz CT molecular complexity index is 1080. The van der Waals surface area contributed by atoms with E-state index >= 15 is 0 Å². The molecule has 3 aromatic rings. The number of hydrogen-bond acceptors (Lipinski definition) is 5. The minimum absolute atomic E-state index is 0.222. The van der Waals surface area contributed by atoms with Crippen molar-refractivity contribution in [3.63, 3.8) is 0 Å². The van der Waals surface area contributed by atoms with E-state index in [1.807, 2.05) is 16.7 Å². The Kier molecular flexibility index (Phi) is 4.22. The van der Waals surface area contributed by atoms with Crippen LogP contribution < -0.4 is 19.0 Å². The Balaban J connectivity index is 1.84. The summed E-state index contributed by atoms with van der Waals surface area (Å²) in [6.07, 6.45) is 1.77. The van der Waals surface area contributed by atoms with Crippen molar-refractivity contribution in [3.8, 4) is 17.2 Å². The molecule has 7 heteroatoms. The van der Waals surface area contributed by atoms with E-state index in [1.54, 1.807) is 37.5 Å². The number of benzene rings is 2. The van der Waals surface area contributed by atoms with E-state index in [9.17, 15) is 4.79 Å². The van der Waals surface area contributed by atoms with Crippen molar-refractivity contribution >= 4 is 27.5 Å². The molecule has 0 bridgehead atoms. The fourth-order valence-electron chi connectivity index (χ4n) is 2.76. The molecule has 1 aliphatic heterocycles. The molecule has 1 aliphatic rings. The number of allylic oxidation sites excluding steroid dienone is 1. The third-order valence-electron chi connectivity index (χ3n) is 4.00. The van der Waals surface area contributed by atoms with Crippen LogP contribution in [0.15, 0.2) is 54.0 Å². The maximum Gasteiger partial charge on any atom is 0.279 e. The van der Waals surface area contributed by atoms with Crippen molar-refractivity contribution in [3.05, 3.63) is 59.4 Å². The summed E-state index contributed by atoms with van der Waals surface area (Å²) in [5, 5.41) is 0. The van der Waals surface area contributed by atoms with Crippen LogP contribution in [0.25, 0.3) is 10.2 Å². The maximum absolute atomic E-state index is 12.6. The molecule has 26 heavy (non-hydrogen) atoms. The monoisotopic (exact) mass is 368 g/mol. The molecule has 2 heterocycles. The number of carbonyl (C=O) groups excluding carboxylic acids is 1. The maximum atomic E-state index is 12.6. The zero-order valence-corrected chi connectivity index (χ0v) is 14.9. The van der Waals surface area contributed by atoms with E-state index in [4.69, 9.17) is 14.2 Å². The Labute approximate surface area is 153 Å². The van der Waals surface area contributed by atoms with E-state index < -0.39 is 0 Å². The highest BCUT2D eigenvalue weighted by Crippen LogP contribution is 2.37. The molecule has 6 nitrogen and oxygen atoms in total. The van der Waals surface area contributed by atoms with Crippen LogP contribution in [-0.2, 0) is 6.54 Å². The van der Waals surface area contributed by atoms with Gasteiger partial charge in [0.1, 0.15) is 5.75 Å². The number of ether oxygens (including phenoxy) is 3. The lowest BCUT2D eigenvalue weighted by molar-refractivity contribution is 0.0997. The Morgan fingerprint density at radius 2 is 2.15 bits per heavy atom. The van der Waals surface area contributed by atoms with E-state index in [2.05, 4.69) is 11.6 Å². The quantitative estimate of drug-likeness (QED) is 0.663. The number of aromatic nitrogens is 1. The molecule has 1 aromatic heterocycles. The number of carbonyl (C=O) groups is 1. The first-order valence-electron chi connectivity index (χ1n) is 7.96. The van der Waals surface area contributed by atoms with Crippen LogP contribution in [0.2, 0.25) is 0 Å². The highest BCUT2D eigenvalue weighted by Gasteiger charge is 2.17. The van der Waals surface area contributed by atoms with Crippen LogP contribution >= 0.6 is 11.3 Å². The van der Waals surface area contributed by atoms with Crippen LogP contribution in [0, 0.1) is 0 Å².